The van der Waals surface area contributed by atoms with Gasteiger partial charge in [-0.25, -0.2) is 4.39 Å². The minimum absolute atomic E-state index is 0.139. The highest BCUT2D eigenvalue weighted by molar-refractivity contribution is 5.22. The lowest BCUT2D eigenvalue weighted by Gasteiger charge is -2.42. The Morgan fingerprint density at radius 2 is 2.50 bits per heavy atom. The summed E-state index contributed by atoms with van der Waals surface area (Å²) in [5, 5.41) is 3.34. The van der Waals surface area contributed by atoms with Crippen molar-refractivity contribution in [3.05, 3.63) is 24.2 Å². The Balaban J connectivity index is 1.90. The fourth-order valence-electron chi connectivity index (χ4n) is 3.03. The van der Waals surface area contributed by atoms with E-state index in [0.717, 1.165) is 13.0 Å². The van der Waals surface area contributed by atoms with Crippen molar-refractivity contribution in [2.24, 2.45) is 11.8 Å². The second kappa shape index (κ2) is 2.60. The molecule has 0 aromatic carbocycles. The van der Waals surface area contributed by atoms with Crippen molar-refractivity contribution < 1.29 is 8.81 Å². The molecule has 3 heteroatoms. The monoisotopic (exact) mass is 195 g/mol. The van der Waals surface area contributed by atoms with Crippen LogP contribution in [0.5, 0.6) is 0 Å². The topological polar surface area (TPSA) is 25.2 Å². The summed E-state index contributed by atoms with van der Waals surface area (Å²) in [5.41, 5.74) is -0.551. The van der Waals surface area contributed by atoms with E-state index < -0.39 is 5.67 Å². The highest BCUT2D eigenvalue weighted by Gasteiger charge is 2.56. The maximum absolute atomic E-state index is 14.5. The van der Waals surface area contributed by atoms with Crippen molar-refractivity contribution in [2.75, 3.05) is 6.54 Å². The number of hydrogen-bond acceptors (Lipinski definition) is 2. The van der Waals surface area contributed by atoms with Gasteiger partial charge >= 0.3 is 0 Å². The molecule has 0 amide bonds. The van der Waals surface area contributed by atoms with Crippen molar-refractivity contribution in [3.8, 4) is 0 Å². The first kappa shape index (κ1) is 8.48. The second-order valence-electron chi connectivity index (χ2n) is 4.62. The number of halogens is 1. The van der Waals surface area contributed by atoms with E-state index in [1.54, 1.807) is 19.3 Å². The lowest BCUT2D eigenvalue weighted by atomic mass is 9.64. The molecule has 0 spiro atoms. The van der Waals surface area contributed by atoms with Crippen LogP contribution in [-0.2, 0) is 5.67 Å². The van der Waals surface area contributed by atoms with E-state index in [0.29, 0.717) is 17.5 Å². The molecule has 14 heavy (non-hydrogen) atoms. The molecule has 1 aromatic rings. The van der Waals surface area contributed by atoms with Crippen LogP contribution in [0.1, 0.15) is 18.9 Å². The molecular weight excluding hydrogens is 181 g/mol. The molecule has 76 valence electrons. The Morgan fingerprint density at radius 1 is 1.64 bits per heavy atom. The molecule has 1 aromatic heterocycles. The van der Waals surface area contributed by atoms with Crippen LogP contribution in [0.3, 0.4) is 0 Å². The van der Waals surface area contributed by atoms with Crippen molar-refractivity contribution >= 4 is 0 Å². The molecule has 2 bridgehead atoms. The largest absolute Gasteiger partial charge is 0.472 e. The molecule has 4 atom stereocenters. The van der Waals surface area contributed by atoms with E-state index in [9.17, 15) is 4.39 Å². The highest BCUT2D eigenvalue weighted by atomic mass is 19.1. The van der Waals surface area contributed by atoms with E-state index in [2.05, 4.69) is 5.32 Å². The van der Waals surface area contributed by atoms with Gasteiger partial charge < -0.3 is 9.73 Å². The predicted molar refractivity (Wildman–Crippen MR) is 50.6 cm³/mol. The third-order valence-corrected chi connectivity index (χ3v) is 3.85. The summed E-state index contributed by atoms with van der Waals surface area (Å²) in [5.74, 6) is 0.657. The summed E-state index contributed by atoms with van der Waals surface area (Å²) in [6.45, 7) is 2.65. The Hall–Kier alpha value is -0.830. The summed E-state index contributed by atoms with van der Waals surface area (Å²) >= 11 is 0. The van der Waals surface area contributed by atoms with Gasteiger partial charge in [-0.15, -0.1) is 0 Å². The molecule has 3 aliphatic rings. The third kappa shape index (κ3) is 0.934. The standard InChI is InChI=1S/C11H14FNO/c1-11(12,8-2-3-14-6-8)10-7-4-9(10)13-5-7/h2-3,6-7,9-10,13H,4-5H2,1H3. The summed E-state index contributed by atoms with van der Waals surface area (Å²) < 4.78 is 19.5. The summed E-state index contributed by atoms with van der Waals surface area (Å²) in [6.07, 6.45) is 4.21. The summed E-state index contributed by atoms with van der Waals surface area (Å²) in [6, 6.07) is 2.11. The van der Waals surface area contributed by atoms with Gasteiger partial charge in [0.05, 0.1) is 12.5 Å². The molecule has 4 rings (SSSR count). The second-order valence-corrected chi connectivity index (χ2v) is 4.62. The molecule has 2 nitrogen and oxygen atoms in total. The van der Waals surface area contributed by atoms with Crippen LogP contribution in [-0.4, -0.2) is 12.6 Å². The molecular formula is C11H14FNO. The zero-order chi connectivity index (χ0) is 9.76. The van der Waals surface area contributed by atoms with Crippen LogP contribution in [0.25, 0.3) is 0 Å². The number of furan rings is 1. The average molecular weight is 195 g/mol. The van der Waals surface area contributed by atoms with Gasteiger partial charge in [0.25, 0.3) is 0 Å². The normalized spacial score (nSPS) is 39.1. The lowest BCUT2D eigenvalue weighted by Crippen LogP contribution is -2.47. The lowest BCUT2D eigenvalue weighted by molar-refractivity contribution is 0.00820. The van der Waals surface area contributed by atoms with E-state index >= 15 is 0 Å². The number of hydrogen-bond donors (Lipinski definition) is 1. The van der Waals surface area contributed by atoms with Crippen molar-refractivity contribution in [1.29, 1.82) is 0 Å². The smallest absolute Gasteiger partial charge is 0.140 e. The van der Waals surface area contributed by atoms with Crippen molar-refractivity contribution in [1.82, 2.24) is 5.32 Å². The molecule has 0 radical (unpaired) electrons. The van der Waals surface area contributed by atoms with Crippen LogP contribution in [0.15, 0.2) is 23.0 Å². The highest BCUT2D eigenvalue weighted by Crippen LogP contribution is 2.52. The predicted octanol–water partition coefficient (Wildman–Crippen LogP) is 2.07. The summed E-state index contributed by atoms with van der Waals surface area (Å²) in [7, 11) is 0. The first-order valence-electron chi connectivity index (χ1n) is 5.14. The quantitative estimate of drug-likeness (QED) is 0.781. The van der Waals surface area contributed by atoms with Crippen LogP contribution in [0, 0.1) is 11.8 Å². The molecule has 3 fully saturated rings. The molecule has 3 heterocycles. The molecule has 2 saturated heterocycles. The van der Waals surface area contributed by atoms with E-state index in [1.807, 2.05) is 0 Å². The number of alkyl halides is 1. The van der Waals surface area contributed by atoms with Gasteiger partial charge in [-0.1, -0.05) is 0 Å². The van der Waals surface area contributed by atoms with E-state index in [1.165, 1.54) is 6.26 Å². The maximum atomic E-state index is 14.5. The fraction of sp³-hybridized carbons (Fsp3) is 0.636. The van der Waals surface area contributed by atoms with Gasteiger partial charge in [-0.3, -0.25) is 0 Å². The SMILES string of the molecule is CC(F)(c1ccoc1)C1C2CNC1C2. The van der Waals surface area contributed by atoms with Crippen molar-refractivity contribution in [2.45, 2.75) is 25.1 Å². The Labute approximate surface area is 82.5 Å². The van der Waals surface area contributed by atoms with Gasteiger partial charge in [-0.2, -0.15) is 0 Å². The molecule has 1 N–H and O–H groups in total. The number of rotatable bonds is 2. The van der Waals surface area contributed by atoms with Crippen molar-refractivity contribution in [3.63, 3.8) is 0 Å². The van der Waals surface area contributed by atoms with Gasteiger partial charge in [0.15, 0.2) is 0 Å². The zero-order valence-corrected chi connectivity index (χ0v) is 8.16. The van der Waals surface area contributed by atoms with Crippen LogP contribution >= 0.6 is 0 Å². The molecule has 4 unspecified atom stereocenters. The third-order valence-electron chi connectivity index (χ3n) is 3.85. The number of nitrogens with one attached hydrogen (secondary N) is 1. The van der Waals surface area contributed by atoms with Crippen LogP contribution < -0.4 is 5.32 Å². The molecule has 1 saturated carbocycles. The van der Waals surface area contributed by atoms with E-state index in [4.69, 9.17) is 4.42 Å². The Morgan fingerprint density at radius 3 is 3.00 bits per heavy atom. The first-order chi connectivity index (χ1) is 6.69. The zero-order valence-electron chi connectivity index (χ0n) is 8.16. The maximum Gasteiger partial charge on any atom is 0.140 e. The van der Waals surface area contributed by atoms with Gasteiger partial charge in [0, 0.05) is 17.5 Å². The van der Waals surface area contributed by atoms with Gasteiger partial charge in [0.2, 0.25) is 0 Å². The average Bonchev–Trinajstić information content (AvgIpc) is 2.81. The molecule has 2 aliphatic heterocycles. The van der Waals surface area contributed by atoms with Gasteiger partial charge in [-0.05, 0) is 31.9 Å². The summed E-state index contributed by atoms with van der Waals surface area (Å²) in [4.78, 5) is 0. The van der Waals surface area contributed by atoms with Crippen LogP contribution in [0.2, 0.25) is 0 Å². The Kier molecular flexibility index (Phi) is 1.57. The minimum Gasteiger partial charge on any atom is -0.472 e. The Bertz CT molecular complexity index is 319. The molecule has 1 aliphatic carbocycles. The fourth-order valence-corrected chi connectivity index (χ4v) is 3.03. The van der Waals surface area contributed by atoms with Gasteiger partial charge in [0.1, 0.15) is 5.67 Å². The van der Waals surface area contributed by atoms with Crippen LogP contribution in [0.4, 0.5) is 4.39 Å². The minimum atomic E-state index is -1.23. The first-order valence-corrected chi connectivity index (χ1v) is 5.14. The number of fused-ring (bicyclic) bond motifs is 1. The van der Waals surface area contributed by atoms with E-state index in [-0.39, 0.29) is 5.92 Å².